The summed E-state index contributed by atoms with van der Waals surface area (Å²) in [4.78, 5) is 0. The third-order valence-electron chi connectivity index (χ3n) is 2.56. The number of hydrogen-bond acceptors (Lipinski definition) is 4. The average molecular weight is 229 g/mol. The van der Waals surface area contributed by atoms with Crippen LogP contribution in [0.4, 0.5) is 0 Å². The molecule has 5 heteroatoms. The fraction of sp³-hybridized carbons (Fsp3) is 0.167. The molecule has 3 aromatic rings. The van der Waals surface area contributed by atoms with Gasteiger partial charge in [0.25, 0.3) is 0 Å². The summed E-state index contributed by atoms with van der Waals surface area (Å²) in [5, 5.41) is 8.21. The molecule has 0 radical (unpaired) electrons. The molecule has 0 aliphatic carbocycles. The van der Waals surface area contributed by atoms with E-state index in [4.69, 9.17) is 9.15 Å². The summed E-state index contributed by atoms with van der Waals surface area (Å²) in [5.41, 5.74) is 0.730. The second kappa shape index (κ2) is 3.62. The van der Waals surface area contributed by atoms with E-state index >= 15 is 0 Å². The Hall–Kier alpha value is -2.30. The van der Waals surface area contributed by atoms with Crippen molar-refractivity contribution in [3.8, 4) is 17.5 Å². The summed E-state index contributed by atoms with van der Waals surface area (Å²) < 4.78 is 12.7. The van der Waals surface area contributed by atoms with Crippen LogP contribution in [0.15, 0.2) is 34.7 Å². The lowest BCUT2D eigenvalue weighted by atomic mass is 10.4. The SMILES string of the molecule is COc1cccc2nnc(-c3ccc(C)o3)n12. The summed E-state index contributed by atoms with van der Waals surface area (Å²) in [5.74, 6) is 2.84. The normalized spacial score (nSPS) is 10.9. The van der Waals surface area contributed by atoms with Crippen molar-refractivity contribution in [1.82, 2.24) is 14.6 Å². The molecule has 0 saturated carbocycles. The molecule has 0 bridgehead atoms. The third-order valence-corrected chi connectivity index (χ3v) is 2.56. The Bertz CT molecular complexity index is 669. The molecule has 0 unspecified atom stereocenters. The van der Waals surface area contributed by atoms with Crippen molar-refractivity contribution < 1.29 is 9.15 Å². The molecule has 0 aliphatic heterocycles. The second-order valence-corrected chi connectivity index (χ2v) is 3.70. The number of nitrogens with zero attached hydrogens (tertiary/aromatic N) is 3. The molecule has 0 aliphatic rings. The first-order valence-electron chi connectivity index (χ1n) is 5.24. The van der Waals surface area contributed by atoms with Crippen LogP contribution in [0.5, 0.6) is 5.88 Å². The van der Waals surface area contributed by atoms with Gasteiger partial charge in [0.05, 0.1) is 7.11 Å². The van der Waals surface area contributed by atoms with Crippen LogP contribution in [0.3, 0.4) is 0 Å². The van der Waals surface area contributed by atoms with Gasteiger partial charge < -0.3 is 9.15 Å². The van der Waals surface area contributed by atoms with Gasteiger partial charge in [0, 0.05) is 0 Å². The predicted molar refractivity (Wildman–Crippen MR) is 62.0 cm³/mol. The molecule has 3 aromatic heterocycles. The zero-order valence-corrected chi connectivity index (χ0v) is 9.54. The van der Waals surface area contributed by atoms with Gasteiger partial charge >= 0.3 is 0 Å². The van der Waals surface area contributed by atoms with Gasteiger partial charge in [0.2, 0.25) is 11.7 Å². The highest BCUT2D eigenvalue weighted by Gasteiger charge is 2.14. The summed E-state index contributed by atoms with van der Waals surface area (Å²) in [6.07, 6.45) is 0. The molecular weight excluding hydrogens is 218 g/mol. The Morgan fingerprint density at radius 1 is 1.18 bits per heavy atom. The van der Waals surface area contributed by atoms with Crippen LogP contribution >= 0.6 is 0 Å². The van der Waals surface area contributed by atoms with Crippen molar-refractivity contribution in [2.45, 2.75) is 6.92 Å². The average Bonchev–Trinajstić information content (AvgIpc) is 2.94. The number of methoxy groups -OCH3 is 1. The quantitative estimate of drug-likeness (QED) is 0.676. The van der Waals surface area contributed by atoms with Crippen LogP contribution in [-0.2, 0) is 0 Å². The van der Waals surface area contributed by atoms with Crippen molar-refractivity contribution in [2.75, 3.05) is 7.11 Å². The third kappa shape index (κ3) is 1.47. The lowest BCUT2D eigenvalue weighted by Crippen LogP contribution is -1.95. The monoisotopic (exact) mass is 229 g/mol. The van der Waals surface area contributed by atoms with Gasteiger partial charge in [-0.25, -0.2) is 4.40 Å². The summed E-state index contributed by atoms with van der Waals surface area (Å²) >= 11 is 0. The molecule has 86 valence electrons. The van der Waals surface area contributed by atoms with Crippen LogP contribution in [0.2, 0.25) is 0 Å². The van der Waals surface area contributed by atoms with E-state index in [0.717, 1.165) is 11.4 Å². The van der Waals surface area contributed by atoms with Crippen molar-refractivity contribution in [2.24, 2.45) is 0 Å². The van der Waals surface area contributed by atoms with Crippen molar-refractivity contribution in [1.29, 1.82) is 0 Å². The van der Waals surface area contributed by atoms with Gasteiger partial charge in [-0.05, 0) is 31.2 Å². The van der Waals surface area contributed by atoms with Crippen molar-refractivity contribution in [3.63, 3.8) is 0 Å². The lowest BCUT2D eigenvalue weighted by Gasteiger charge is -2.04. The first kappa shape index (κ1) is 9.89. The van der Waals surface area contributed by atoms with Crippen LogP contribution in [0.25, 0.3) is 17.2 Å². The molecule has 0 spiro atoms. The van der Waals surface area contributed by atoms with Crippen molar-refractivity contribution >= 4 is 5.65 Å². The van der Waals surface area contributed by atoms with Gasteiger partial charge in [-0.3, -0.25) is 0 Å². The molecule has 0 atom stereocenters. The maximum Gasteiger partial charge on any atom is 0.207 e. The van der Waals surface area contributed by atoms with Crippen LogP contribution < -0.4 is 4.74 Å². The fourth-order valence-corrected chi connectivity index (χ4v) is 1.79. The Balaban J connectivity index is 2.30. The van der Waals surface area contributed by atoms with Crippen LogP contribution in [0.1, 0.15) is 5.76 Å². The molecule has 3 heterocycles. The molecule has 0 fully saturated rings. The predicted octanol–water partition coefficient (Wildman–Crippen LogP) is 2.31. The standard InChI is InChI=1S/C12H11N3O2/c1-8-6-7-9(17-8)12-14-13-10-4-3-5-11(16-2)15(10)12/h3-7H,1-2H3. The van der Waals surface area contributed by atoms with E-state index in [9.17, 15) is 0 Å². The number of aryl methyl sites for hydroxylation is 1. The minimum atomic E-state index is 0.644. The number of fused-ring (bicyclic) bond motifs is 1. The molecular formula is C12H11N3O2. The van der Waals surface area contributed by atoms with E-state index < -0.39 is 0 Å². The maximum atomic E-state index is 5.56. The molecule has 17 heavy (non-hydrogen) atoms. The van der Waals surface area contributed by atoms with Crippen LogP contribution in [0, 0.1) is 6.92 Å². The number of hydrogen-bond donors (Lipinski definition) is 0. The van der Waals surface area contributed by atoms with Gasteiger partial charge in [-0.2, -0.15) is 0 Å². The smallest absolute Gasteiger partial charge is 0.207 e. The highest BCUT2D eigenvalue weighted by atomic mass is 16.5. The first-order chi connectivity index (χ1) is 8.29. The highest BCUT2D eigenvalue weighted by Crippen LogP contribution is 2.24. The lowest BCUT2D eigenvalue weighted by molar-refractivity contribution is 0.392. The second-order valence-electron chi connectivity index (χ2n) is 3.70. The van der Waals surface area contributed by atoms with Crippen molar-refractivity contribution in [3.05, 3.63) is 36.1 Å². The summed E-state index contributed by atoms with van der Waals surface area (Å²) in [7, 11) is 1.62. The molecule has 5 nitrogen and oxygen atoms in total. The Kier molecular flexibility index (Phi) is 2.11. The molecule has 3 rings (SSSR count). The van der Waals surface area contributed by atoms with Gasteiger partial charge in [-0.15, -0.1) is 10.2 Å². The topological polar surface area (TPSA) is 52.6 Å². The zero-order valence-electron chi connectivity index (χ0n) is 9.54. The van der Waals surface area contributed by atoms with Crippen LogP contribution in [-0.4, -0.2) is 21.7 Å². The number of ether oxygens (including phenoxy) is 1. The number of pyridine rings is 1. The van der Waals surface area contributed by atoms with E-state index in [1.807, 2.05) is 41.7 Å². The van der Waals surface area contributed by atoms with E-state index in [1.54, 1.807) is 7.11 Å². The molecule has 0 aromatic carbocycles. The highest BCUT2D eigenvalue weighted by molar-refractivity contribution is 5.56. The Morgan fingerprint density at radius 2 is 2.06 bits per heavy atom. The molecule has 0 amide bonds. The van der Waals surface area contributed by atoms with E-state index in [0.29, 0.717) is 17.5 Å². The largest absolute Gasteiger partial charge is 0.482 e. The minimum absolute atomic E-state index is 0.644. The molecule has 0 N–H and O–H groups in total. The first-order valence-corrected chi connectivity index (χ1v) is 5.24. The van der Waals surface area contributed by atoms with Gasteiger partial charge in [0.15, 0.2) is 11.4 Å². The maximum absolute atomic E-state index is 5.56. The number of aromatic nitrogens is 3. The van der Waals surface area contributed by atoms with Gasteiger partial charge in [-0.1, -0.05) is 6.07 Å². The number of rotatable bonds is 2. The van der Waals surface area contributed by atoms with E-state index in [-0.39, 0.29) is 0 Å². The van der Waals surface area contributed by atoms with E-state index in [1.165, 1.54) is 0 Å². The summed E-state index contributed by atoms with van der Waals surface area (Å²) in [6.45, 7) is 1.89. The van der Waals surface area contributed by atoms with Gasteiger partial charge in [0.1, 0.15) is 5.76 Å². The molecule has 0 saturated heterocycles. The Morgan fingerprint density at radius 3 is 2.76 bits per heavy atom. The van der Waals surface area contributed by atoms with E-state index in [2.05, 4.69) is 10.2 Å². The Labute approximate surface area is 97.7 Å². The number of furan rings is 1. The zero-order chi connectivity index (χ0) is 11.8. The fourth-order valence-electron chi connectivity index (χ4n) is 1.79. The minimum Gasteiger partial charge on any atom is -0.482 e. The summed E-state index contributed by atoms with van der Waals surface area (Å²) in [6, 6.07) is 9.37.